The van der Waals surface area contributed by atoms with Gasteiger partial charge in [-0.3, -0.25) is 4.98 Å². The van der Waals surface area contributed by atoms with Crippen LogP contribution in [0.25, 0.3) is 11.4 Å². The minimum absolute atomic E-state index is 0.0459. The molecule has 2 heterocycles. The second kappa shape index (κ2) is 8.99. The highest BCUT2D eigenvalue weighted by molar-refractivity contribution is 9.10. The van der Waals surface area contributed by atoms with Crippen LogP contribution in [0.4, 0.5) is 4.79 Å². The zero-order chi connectivity index (χ0) is 20.1. The fraction of sp³-hybridized carbons (Fsp3) is 0.250. The number of rotatable bonds is 7. The number of amides is 1. The average molecular weight is 445 g/mol. The van der Waals surface area contributed by atoms with E-state index < -0.39 is 6.09 Å². The molecule has 0 aliphatic carbocycles. The zero-order valence-corrected chi connectivity index (χ0v) is 17.0. The van der Waals surface area contributed by atoms with Gasteiger partial charge in [0.2, 0.25) is 5.88 Å². The van der Waals surface area contributed by atoms with Crippen LogP contribution in [0.2, 0.25) is 0 Å². The number of carbonyl (C=O) groups is 1. The molecule has 1 aromatic carbocycles. The molecule has 0 spiro atoms. The highest BCUT2D eigenvalue weighted by Crippen LogP contribution is 2.41. The van der Waals surface area contributed by atoms with Crippen molar-refractivity contribution in [1.82, 2.24) is 14.8 Å². The van der Waals surface area contributed by atoms with E-state index >= 15 is 0 Å². The van der Waals surface area contributed by atoms with Gasteiger partial charge in [-0.15, -0.1) is 0 Å². The van der Waals surface area contributed by atoms with Crippen molar-refractivity contribution in [2.24, 2.45) is 5.73 Å². The van der Waals surface area contributed by atoms with E-state index in [2.05, 4.69) is 26.0 Å². The van der Waals surface area contributed by atoms with Crippen LogP contribution >= 0.6 is 15.9 Å². The van der Waals surface area contributed by atoms with Crippen molar-refractivity contribution in [2.45, 2.75) is 25.8 Å². The lowest BCUT2D eigenvalue weighted by Gasteiger charge is -2.18. The molecule has 7 nitrogen and oxygen atoms in total. The summed E-state index contributed by atoms with van der Waals surface area (Å²) in [5.41, 5.74) is 8.21. The first-order chi connectivity index (χ1) is 13.5. The van der Waals surface area contributed by atoms with E-state index in [1.807, 2.05) is 49.4 Å². The normalized spacial score (nSPS) is 12.0. The summed E-state index contributed by atoms with van der Waals surface area (Å²) < 4.78 is 7.90. The number of hydrogen-bond acceptors (Lipinski definition) is 5. The summed E-state index contributed by atoms with van der Waals surface area (Å²) in [6.45, 7) is 2.33. The maximum Gasteiger partial charge on any atom is 0.411 e. The molecule has 0 aliphatic rings. The minimum Gasteiger partial charge on any atom is -0.396 e. The van der Waals surface area contributed by atoms with Gasteiger partial charge in [0, 0.05) is 29.7 Å². The van der Waals surface area contributed by atoms with E-state index in [0.29, 0.717) is 29.9 Å². The molecule has 146 valence electrons. The molecule has 1 unspecified atom stereocenters. The Morgan fingerprint density at radius 1 is 1.29 bits per heavy atom. The SMILES string of the molecule is CCn1nc(-c2ccccn2)c(C(CCO)c2ccc(Br)cc2)c1OC(N)=O. The monoisotopic (exact) mass is 444 g/mol. The van der Waals surface area contributed by atoms with Crippen molar-refractivity contribution in [2.75, 3.05) is 6.61 Å². The molecule has 1 amide bonds. The van der Waals surface area contributed by atoms with Crippen LogP contribution in [0.1, 0.15) is 30.4 Å². The highest BCUT2D eigenvalue weighted by Gasteiger charge is 2.29. The third kappa shape index (κ3) is 4.23. The number of benzene rings is 1. The summed E-state index contributed by atoms with van der Waals surface area (Å²) >= 11 is 3.44. The fourth-order valence-corrected chi connectivity index (χ4v) is 3.45. The molecular weight excluding hydrogens is 424 g/mol. The summed E-state index contributed by atoms with van der Waals surface area (Å²) in [6.07, 6.45) is 1.19. The second-order valence-corrected chi connectivity index (χ2v) is 7.05. The van der Waals surface area contributed by atoms with E-state index in [4.69, 9.17) is 10.5 Å². The van der Waals surface area contributed by atoms with Crippen LogP contribution in [0.5, 0.6) is 5.88 Å². The van der Waals surface area contributed by atoms with Gasteiger partial charge >= 0.3 is 6.09 Å². The summed E-state index contributed by atoms with van der Waals surface area (Å²) in [6, 6.07) is 13.3. The number of aryl methyl sites for hydroxylation is 1. The van der Waals surface area contributed by atoms with Crippen molar-refractivity contribution in [1.29, 1.82) is 0 Å². The minimum atomic E-state index is -0.915. The Bertz CT molecular complexity index is 942. The topological polar surface area (TPSA) is 103 Å². The van der Waals surface area contributed by atoms with Gasteiger partial charge in [-0.1, -0.05) is 34.1 Å². The van der Waals surface area contributed by atoms with E-state index in [-0.39, 0.29) is 18.4 Å². The first-order valence-electron chi connectivity index (χ1n) is 8.90. The number of nitrogens with zero attached hydrogens (tertiary/aromatic N) is 3. The van der Waals surface area contributed by atoms with Gasteiger partial charge in [0.1, 0.15) is 5.69 Å². The molecule has 0 bridgehead atoms. The predicted octanol–water partition coefficient (Wildman–Crippen LogP) is 3.70. The van der Waals surface area contributed by atoms with E-state index in [9.17, 15) is 9.90 Å². The molecule has 0 saturated heterocycles. The Labute approximate surface area is 171 Å². The predicted molar refractivity (Wildman–Crippen MR) is 109 cm³/mol. The number of hydrogen-bond donors (Lipinski definition) is 2. The highest BCUT2D eigenvalue weighted by atomic mass is 79.9. The lowest BCUT2D eigenvalue weighted by molar-refractivity contribution is 0.205. The van der Waals surface area contributed by atoms with Crippen molar-refractivity contribution in [3.05, 3.63) is 64.3 Å². The number of aromatic nitrogens is 3. The number of aliphatic hydroxyl groups excluding tert-OH is 1. The summed E-state index contributed by atoms with van der Waals surface area (Å²) in [7, 11) is 0. The van der Waals surface area contributed by atoms with Crippen LogP contribution in [-0.4, -0.2) is 32.6 Å². The van der Waals surface area contributed by atoms with Gasteiger partial charge in [0.05, 0.1) is 11.3 Å². The Morgan fingerprint density at radius 2 is 2.04 bits per heavy atom. The van der Waals surface area contributed by atoms with E-state index in [0.717, 1.165) is 10.0 Å². The number of nitrogens with two attached hydrogens (primary N) is 1. The van der Waals surface area contributed by atoms with Gasteiger partial charge < -0.3 is 15.6 Å². The number of primary amides is 1. The molecule has 0 saturated carbocycles. The Hall–Kier alpha value is -2.71. The largest absolute Gasteiger partial charge is 0.411 e. The van der Waals surface area contributed by atoms with Gasteiger partial charge in [-0.05, 0) is 43.2 Å². The molecule has 1 atom stereocenters. The number of pyridine rings is 1. The van der Waals surface area contributed by atoms with Crippen molar-refractivity contribution >= 4 is 22.0 Å². The standard InChI is InChI=1S/C20H21BrN4O3/c1-2-25-19(28-20(22)27)17(18(24-25)16-5-3-4-11-23-16)15(10-12-26)13-6-8-14(21)9-7-13/h3-9,11,15,26H,2,10,12H2,1H3,(H2,22,27). The summed E-state index contributed by atoms with van der Waals surface area (Å²) in [5, 5.41) is 14.4. The average Bonchev–Trinajstić information content (AvgIpc) is 3.05. The van der Waals surface area contributed by atoms with Crippen molar-refractivity contribution < 1.29 is 14.6 Å². The number of aliphatic hydroxyl groups is 1. The second-order valence-electron chi connectivity index (χ2n) is 6.14. The van der Waals surface area contributed by atoms with Crippen molar-refractivity contribution in [3.8, 4) is 17.3 Å². The smallest absolute Gasteiger partial charge is 0.396 e. The molecule has 0 fully saturated rings. The molecule has 8 heteroatoms. The fourth-order valence-electron chi connectivity index (χ4n) is 3.19. The quantitative estimate of drug-likeness (QED) is 0.577. The third-order valence-electron chi connectivity index (χ3n) is 4.38. The van der Waals surface area contributed by atoms with E-state index in [1.54, 1.807) is 10.9 Å². The summed E-state index contributed by atoms with van der Waals surface area (Å²) in [5.74, 6) is 0.0155. The lowest BCUT2D eigenvalue weighted by Crippen LogP contribution is -2.20. The Balaban J connectivity index is 2.25. The molecule has 3 rings (SSSR count). The molecule has 3 aromatic rings. The van der Waals surface area contributed by atoms with E-state index in [1.165, 1.54) is 0 Å². The molecule has 0 aliphatic heterocycles. The van der Waals surface area contributed by atoms with Crippen LogP contribution < -0.4 is 10.5 Å². The third-order valence-corrected chi connectivity index (χ3v) is 4.91. The zero-order valence-electron chi connectivity index (χ0n) is 15.4. The maximum atomic E-state index is 11.6. The van der Waals surface area contributed by atoms with Crippen LogP contribution in [-0.2, 0) is 6.54 Å². The Morgan fingerprint density at radius 3 is 2.61 bits per heavy atom. The first kappa shape index (κ1) is 20.0. The molecule has 3 N–H and O–H groups in total. The number of ether oxygens (including phenoxy) is 1. The van der Waals surface area contributed by atoms with Gasteiger partial charge in [-0.25, -0.2) is 9.48 Å². The number of halogens is 1. The van der Waals surface area contributed by atoms with Crippen molar-refractivity contribution in [3.63, 3.8) is 0 Å². The number of carbonyl (C=O) groups excluding carboxylic acids is 1. The van der Waals surface area contributed by atoms with Gasteiger partial charge in [0.25, 0.3) is 0 Å². The van der Waals surface area contributed by atoms with Crippen LogP contribution in [0.3, 0.4) is 0 Å². The molecule has 2 aromatic heterocycles. The summed E-state index contributed by atoms with van der Waals surface area (Å²) in [4.78, 5) is 16.0. The van der Waals surface area contributed by atoms with Crippen LogP contribution in [0.15, 0.2) is 53.1 Å². The molecular formula is C20H21BrN4O3. The Kier molecular flexibility index (Phi) is 6.43. The van der Waals surface area contributed by atoms with Gasteiger partial charge in [-0.2, -0.15) is 5.10 Å². The van der Waals surface area contributed by atoms with Gasteiger partial charge in [0.15, 0.2) is 0 Å². The first-order valence-corrected chi connectivity index (χ1v) is 9.70. The lowest BCUT2D eigenvalue weighted by atomic mass is 9.88. The maximum absolute atomic E-state index is 11.6. The van der Waals surface area contributed by atoms with Crippen LogP contribution in [0, 0.1) is 0 Å². The molecule has 0 radical (unpaired) electrons. The molecule has 28 heavy (non-hydrogen) atoms.